The molecule has 196 valence electrons. The van der Waals surface area contributed by atoms with Crippen LogP contribution in [0.3, 0.4) is 0 Å². The van der Waals surface area contributed by atoms with E-state index in [9.17, 15) is 14.0 Å². The molecule has 0 saturated heterocycles. The SMILES string of the molecule is CC[C@@H](C)NC(=O)[C@@H](Cc1ccccc1)N(Cc1ccc(F)cc1)C(=O)CCCSc1ccc(Cl)cc1. The Hall–Kier alpha value is -2.83. The van der Waals surface area contributed by atoms with E-state index in [4.69, 9.17) is 11.6 Å². The topological polar surface area (TPSA) is 49.4 Å². The molecular formula is C30H34ClFN2O2S. The van der Waals surface area contributed by atoms with Crippen molar-refractivity contribution < 1.29 is 14.0 Å². The Labute approximate surface area is 228 Å². The second kappa shape index (κ2) is 14.8. The first-order valence-electron chi connectivity index (χ1n) is 12.6. The number of hydrogen-bond acceptors (Lipinski definition) is 3. The maximum Gasteiger partial charge on any atom is 0.243 e. The van der Waals surface area contributed by atoms with Crippen LogP contribution in [0.2, 0.25) is 5.02 Å². The van der Waals surface area contributed by atoms with Gasteiger partial charge in [-0.3, -0.25) is 9.59 Å². The molecule has 0 bridgehead atoms. The van der Waals surface area contributed by atoms with Gasteiger partial charge >= 0.3 is 0 Å². The summed E-state index contributed by atoms with van der Waals surface area (Å²) in [6.45, 7) is 4.20. The minimum atomic E-state index is -0.683. The van der Waals surface area contributed by atoms with Gasteiger partial charge in [-0.25, -0.2) is 4.39 Å². The molecule has 0 fully saturated rings. The average Bonchev–Trinajstić information content (AvgIpc) is 2.91. The minimum absolute atomic E-state index is 0.00989. The lowest BCUT2D eigenvalue weighted by atomic mass is 10.0. The van der Waals surface area contributed by atoms with Crippen LogP contribution in [0, 0.1) is 5.82 Å². The second-order valence-corrected chi connectivity index (χ2v) is 10.7. The van der Waals surface area contributed by atoms with Crippen molar-refractivity contribution in [3.05, 3.63) is 101 Å². The Kier molecular flexibility index (Phi) is 11.5. The van der Waals surface area contributed by atoms with E-state index in [1.807, 2.05) is 68.4 Å². The van der Waals surface area contributed by atoms with Crippen LogP contribution in [0.5, 0.6) is 0 Å². The van der Waals surface area contributed by atoms with Gasteiger partial charge in [0.05, 0.1) is 0 Å². The summed E-state index contributed by atoms with van der Waals surface area (Å²) >= 11 is 7.63. The van der Waals surface area contributed by atoms with Crippen molar-refractivity contribution in [1.82, 2.24) is 10.2 Å². The zero-order valence-electron chi connectivity index (χ0n) is 21.3. The summed E-state index contributed by atoms with van der Waals surface area (Å²) in [5.74, 6) is 0.154. The number of nitrogens with zero attached hydrogens (tertiary/aromatic N) is 1. The fraction of sp³-hybridized carbons (Fsp3) is 0.333. The highest BCUT2D eigenvalue weighted by Crippen LogP contribution is 2.22. The lowest BCUT2D eigenvalue weighted by Gasteiger charge is -2.32. The highest BCUT2D eigenvalue weighted by molar-refractivity contribution is 7.99. The van der Waals surface area contributed by atoms with Crippen molar-refractivity contribution in [2.24, 2.45) is 0 Å². The number of hydrogen-bond donors (Lipinski definition) is 1. The Morgan fingerprint density at radius 2 is 1.65 bits per heavy atom. The third kappa shape index (κ3) is 9.52. The normalized spacial score (nSPS) is 12.5. The van der Waals surface area contributed by atoms with Crippen molar-refractivity contribution in [2.75, 3.05) is 5.75 Å². The van der Waals surface area contributed by atoms with Crippen LogP contribution in [0.15, 0.2) is 83.8 Å². The van der Waals surface area contributed by atoms with E-state index in [2.05, 4.69) is 5.32 Å². The van der Waals surface area contributed by atoms with Crippen molar-refractivity contribution >= 4 is 35.2 Å². The molecule has 1 N–H and O–H groups in total. The standard InChI is InChI=1S/C30H34ClFN2O2S/c1-3-22(2)33-30(36)28(20-23-8-5-4-6-9-23)34(21-24-11-15-26(32)16-12-24)29(35)10-7-19-37-27-17-13-25(31)14-18-27/h4-6,8-9,11-18,22,28H,3,7,10,19-21H2,1-2H3,(H,33,36)/t22-,28-/m1/s1. The molecule has 2 atom stereocenters. The van der Waals surface area contributed by atoms with Gasteiger partial charge in [0.2, 0.25) is 11.8 Å². The highest BCUT2D eigenvalue weighted by Gasteiger charge is 2.30. The van der Waals surface area contributed by atoms with E-state index < -0.39 is 6.04 Å². The number of carbonyl (C=O) groups excluding carboxylic acids is 2. The Morgan fingerprint density at radius 1 is 0.973 bits per heavy atom. The fourth-order valence-electron chi connectivity index (χ4n) is 3.87. The first-order chi connectivity index (χ1) is 17.9. The van der Waals surface area contributed by atoms with E-state index in [1.54, 1.807) is 28.8 Å². The number of carbonyl (C=O) groups is 2. The molecule has 37 heavy (non-hydrogen) atoms. The van der Waals surface area contributed by atoms with Gasteiger partial charge in [0, 0.05) is 35.3 Å². The van der Waals surface area contributed by atoms with Gasteiger partial charge in [0.1, 0.15) is 11.9 Å². The molecular weight excluding hydrogens is 507 g/mol. The molecule has 0 unspecified atom stereocenters. The molecule has 3 rings (SSSR count). The summed E-state index contributed by atoms with van der Waals surface area (Å²) in [6, 6.07) is 22.7. The van der Waals surface area contributed by atoms with Crippen molar-refractivity contribution in [1.29, 1.82) is 0 Å². The van der Waals surface area contributed by atoms with Crippen LogP contribution >= 0.6 is 23.4 Å². The van der Waals surface area contributed by atoms with Crippen LogP contribution in [0.25, 0.3) is 0 Å². The summed E-state index contributed by atoms with van der Waals surface area (Å²) in [4.78, 5) is 29.8. The number of amides is 2. The summed E-state index contributed by atoms with van der Waals surface area (Å²) in [6.07, 6.45) is 2.16. The van der Waals surface area contributed by atoms with Gasteiger partial charge in [-0.15, -0.1) is 11.8 Å². The first-order valence-corrected chi connectivity index (χ1v) is 14.0. The number of nitrogens with one attached hydrogen (secondary N) is 1. The predicted octanol–water partition coefficient (Wildman–Crippen LogP) is 6.91. The van der Waals surface area contributed by atoms with E-state index in [-0.39, 0.29) is 30.2 Å². The minimum Gasteiger partial charge on any atom is -0.352 e. The lowest BCUT2D eigenvalue weighted by Crippen LogP contribution is -2.52. The second-order valence-electron chi connectivity index (χ2n) is 9.08. The van der Waals surface area contributed by atoms with Crippen LogP contribution in [-0.4, -0.2) is 34.6 Å². The molecule has 0 aliphatic rings. The lowest BCUT2D eigenvalue weighted by molar-refractivity contribution is -0.141. The Morgan fingerprint density at radius 3 is 2.30 bits per heavy atom. The predicted molar refractivity (Wildman–Crippen MR) is 150 cm³/mol. The van der Waals surface area contributed by atoms with Crippen LogP contribution < -0.4 is 5.32 Å². The van der Waals surface area contributed by atoms with Gasteiger partial charge in [-0.05, 0) is 73.0 Å². The molecule has 0 radical (unpaired) electrons. The quantitative estimate of drug-likeness (QED) is 0.189. The third-order valence-corrected chi connectivity index (χ3v) is 7.51. The van der Waals surface area contributed by atoms with Crippen molar-refractivity contribution in [3.63, 3.8) is 0 Å². The van der Waals surface area contributed by atoms with E-state index in [0.717, 1.165) is 28.2 Å². The van der Waals surface area contributed by atoms with Gasteiger partial charge in [0.15, 0.2) is 0 Å². The zero-order chi connectivity index (χ0) is 26.6. The summed E-state index contributed by atoms with van der Waals surface area (Å²) in [5, 5.41) is 3.76. The monoisotopic (exact) mass is 540 g/mol. The van der Waals surface area contributed by atoms with Gasteiger partial charge in [-0.2, -0.15) is 0 Å². The molecule has 7 heteroatoms. The smallest absolute Gasteiger partial charge is 0.243 e. The third-order valence-electron chi connectivity index (χ3n) is 6.16. The molecule has 4 nitrogen and oxygen atoms in total. The molecule has 0 heterocycles. The van der Waals surface area contributed by atoms with Crippen LogP contribution in [0.4, 0.5) is 4.39 Å². The summed E-state index contributed by atoms with van der Waals surface area (Å²) < 4.78 is 13.6. The molecule has 0 spiro atoms. The Bertz CT molecular complexity index is 1130. The maximum atomic E-state index is 13.6. The molecule has 0 aromatic heterocycles. The fourth-order valence-corrected chi connectivity index (χ4v) is 4.85. The molecule has 3 aromatic rings. The highest BCUT2D eigenvalue weighted by atomic mass is 35.5. The van der Waals surface area contributed by atoms with Gasteiger partial charge < -0.3 is 10.2 Å². The molecule has 2 amide bonds. The number of benzene rings is 3. The largest absolute Gasteiger partial charge is 0.352 e. The molecule has 0 aliphatic heterocycles. The van der Waals surface area contributed by atoms with Gasteiger partial charge in [-0.1, -0.05) is 61.0 Å². The van der Waals surface area contributed by atoms with E-state index in [0.29, 0.717) is 24.3 Å². The molecule has 0 saturated carbocycles. The van der Waals surface area contributed by atoms with Gasteiger partial charge in [0.25, 0.3) is 0 Å². The Balaban J connectivity index is 1.78. The first kappa shape index (κ1) is 28.7. The van der Waals surface area contributed by atoms with Crippen molar-refractivity contribution in [3.8, 4) is 0 Å². The maximum absolute atomic E-state index is 13.6. The molecule has 0 aliphatic carbocycles. The van der Waals surface area contributed by atoms with Crippen LogP contribution in [0.1, 0.15) is 44.2 Å². The van der Waals surface area contributed by atoms with E-state index >= 15 is 0 Å². The summed E-state index contributed by atoms with van der Waals surface area (Å²) in [5.41, 5.74) is 1.75. The number of rotatable bonds is 13. The van der Waals surface area contributed by atoms with E-state index in [1.165, 1.54) is 12.1 Å². The zero-order valence-corrected chi connectivity index (χ0v) is 22.9. The van der Waals surface area contributed by atoms with Crippen LogP contribution in [-0.2, 0) is 22.6 Å². The molecule has 3 aromatic carbocycles. The average molecular weight is 541 g/mol. The van der Waals surface area contributed by atoms with Crippen molar-refractivity contribution in [2.45, 2.75) is 63.1 Å². The number of halogens is 2. The summed E-state index contributed by atoms with van der Waals surface area (Å²) in [7, 11) is 0. The number of thioether (sulfide) groups is 1.